The predicted octanol–water partition coefficient (Wildman–Crippen LogP) is 5.99. The average Bonchev–Trinajstić information content (AvgIpc) is 3.24. The van der Waals surface area contributed by atoms with Gasteiger partial charge in [-0.2, -0.15) is 0 Å². The van der Waals surface area contributed by atoms with Gasteiger partial charge in [-0.25, -0.2) is 14.4 Å². The molecule has 2 aliphatic heterocycles. The van der Waals surface area contributed by atoms with Crippen LogP contribution in [-0.4, -0.2) is 60.5 Å². The lowest BCUT2D eigenvalue weighted by Gasteiger charge is -2.45. The fourth-order valence-corrected chi connectivity index (χ4v) is 5.07. The predicted molar refractivity (Wildman–Crippen MR) is 137 cm³/mol. The van der Waals surface area contributed by atoms with Crippen molar-refractivity contribution in [3.8, 4) is 0 Å². The van der Waals surface area contributed by atoms with Crippen molar-refractivity contribution in [3.63, 3.8) is 0 Å². The second kappa shape index (κ2) is 10.9. The van der Waals surface area contributed by atoms with Crippen molar-refractivity contribution in [2.75, 3.05) is 25.1 Å². The van der Waals surface area contributed by atoms with E-state index in [1.165, 1.54) is 7.11 Å². The van der Waals surface area contributed by atoms with Gasteiger partial charge in [0.25, 0.3) is 0 Å². The van der Waals surface area contributed by atoms with Crippen LogP contribution < -0.4 is 4.90 Å². The number of hydrogen-bond donors (Lipinski definition) is 0. The molecule has 0 N–H and O–H groups in total. The standard InChI is InChI=1S/C26H37N5O6/c1-25(2,3)36-23(33)30-14-12-17-19(9-8-13-28-29-27)31(24(34)37-26(4,5)6)20-11-10-16(22(32)35-7)15-18(20)21(17)30/h10-11,15,17,19,21H,8-9,12-14H2,1-7H3/t17-,19-,21-/m0/s1. The first-order valence-electron chi connectivity index (χ1n) is 12.5. The third-order valence-corrected chi connectivity index (χ3v) is 6.34. The first-order chi connectivity index (χ1) is 17.3. The molecule has 1 aromatic carbocycles. The van der Waals surface area contributed by atoms with Crippen molar-refractivity contribution < 1.29 is 28.6 Å². The number of hydrogen-bond acceptors (Lipinski definition) is 7. The highest BCUT2D eigenvalue weighted by Gasteiger charge is 2.51. The smallest absolute Gasteiger partial charge is 0.415 e. The third-order valence-electron chi connectivity index (χ3n) is 6.34. The van der Waals surface area contributed by atoms with Crippen molar-refractivity contribution in [3.05, 3.63) is 39.8 Å². The van der Waals surface area contributed by atoms with Gasteiger partial charge in [0, 0.05) is 30.0 Å². The number of azide groups is 1. The summed E-state index contributed by atoms with van der Waals surface area (Å²) in [5, 5.41) is 3.65. The van der Waals surface area contributed by atoms with Crippen LogP contribution in [0.4, 0.5) is 15.3 Å². The number of ether oxygens (including phenoxy) is 3. The molecule has 11 heteroatoms. The maximum absolute atomic E-state index is 13.6. The number of anilines is 1. The van der Waals surface area contributed by atoms with Crippen LogP contribution in [0.15, 0.2) is 23.3 Å². The molecular weight excluding hydrogens is 478 g/mol. The summed E-state index contributed by atoms with van der Waals surface area (Å²) in [6.07, 6.45) is 0.756. The van der Waals surface area contributed by atoms with Gasteiger partial charge in [0.1, 0.15) is 11.2 Å². The molecule has 0 radical (unpaired) electrons. The van der Waals surface area contributed by atoms with Crippen molar-refractivity contribution in [2.45, 2.75) is 84.1 Å². The molecular formula is C26H37N5O6. The molecule has 0 aromatic heterocycles. The highest BCUT2D eigenvalue weighted by Crippen LogP contribution is 2.51. The highest BCUT2D eigenvalue weighted by molar-refractivity contribution is 5.94. The molecule has 37 heavy (non-hydrogen) atoms. The van der Waals surface area contributed by atoms with Crippen molar-refractivity contribution in [1.82, 2.24) is 4.90 Å². The van der Waals surface area contributed by atoms with E-state index in [9.17, 15) is 14.4 Å². The molecule has 0 spiro atoms. The molecule has 0 bridgehead atoms. The summed E-state index contributed by atoms with van der Waals surface area (Å²) in [4.78, 5) is 45.4. The summed E-state index contributed by atoms with van der Waals surface area (Å²) in [7, 11) is 1.31. The number of benzene rings is 1. The SMILES string of the molecule is COC(=O)c1ccc2c(c1)[C@@H]1[C@@H](CCN1C(=O)OC(C)(C)C)[C@H](CCCN=[N+]=[N-])N2C(=O)OC(C)(C)C. The first-order valence-corrected chi connectivity index (χ1v) is 12.5. The molecule has 2 aliphatic rings. The Balaban J connectivity index is 2.14. The molecule has 11 nitrogen and oxygen atoms in total. The van der Waals surface area contributed by atoms with E-state index in [2.05, 4.69) is 10.0 Å². The second-order valence-electron chi connectivity index (χ2n) is 11.4. The Morgan fingerprint density at radius 3 is 2.32 bits per heavy atom. The maximum Gasteiger partial charge on any atom is 0.415 e. The summed E-state index contributed by atoms with van der Waals surface area (Å²) in [5.74, 6) is -0.659. The molecule has 3 rings (SSSR count). The van der Waals surface area contributed by atoms with E-state index >= 15 is 0 Å². The molecule has 202 valence electrons. The van der Waals surface area contributed by atoms with Gasteiger partial charge >= 0.3 is 18.2 Å². The first kappa shape index (κ1) is 28.1. The Hall–Kier alpha value is -3.46. The number of rotatable bonds is 5. The molecule has 0 saturated carbocycles. The van der Waals surface area contributed by atoms with E-state index in [1.807, 2.05) is 20.8 Å². The summed E-state index contributed by atoms with van der Waals surface area (Å²) >= 11 is 0. The average molecular weight is 516 g/mol. The molecule has 2 heterocycles. The monoisotopic (exact) mass is 515 g/mol. The molecule has 0 unspecified atom stereocenters. The third kappa shape index (κ3) is 6.46. The number of esters is 1. The van der Waals surface area contributed by atoms with Crippen LogP contribution in [0.25, 0.3) is 10.4 Å². The Bertz CT molecular complexity index is 1090. The summed E-state index contributed by atoms with van der Waals surface area (Å²) in [6.45, 7) is 11.6. The number of carbonyl (C=O) groups is 3. The largest absolute Gasteiger partial charge is 0.465 e. The Labute approximate surface area is 217 Å². The van der Waals surface area contributed by atoms with Crippen LogP contribution in [0, 0.1) is 5.92 Å². The minimum Gasteiger partial charge on any atom is -0.465 e. The minimum absolute atomic E-state index is 0.147. The lowest BCUT2D eigenvalue weighted by molar-refractivity contribution is 0.0190. The minimum atomic E-state index is -0.728. The molecule has 3 atom stereocenters. The Morgan fingerprint density at radius 2 is 1.73 bits per heavy atom. The van der Waals surface area contributed by atoms with Gasteiger partial charge in [0.2, 0.25) is 0 Å². The van der Waals surface area contributed by atoms with E-state index in [4.69, 9.17) is 19.7 Å². The van der Waals surface area contributed by atoms with Gasteiger partial charge in [-0.05, 0) is 90.1 Å². The van der Waals surface area contributed by atoms with Crippen molar-refractivity contribution in [2.24, 2.45) is 11.0 Å². The number of likely N-dealkylation sites (tertiary alicyclic amines) is 1. The molecule has 1 saturated heterocycles. The van der Waals surface area contributed by atoms with Gasteiger partial charge < -0.3 is 19.1 Å². The van der Waals surface area contributed by atoms with E-state index in [0.29, 0.717) is 42.6 Å². The van der Waals surface area contributed by atoms with Crippen LogP contribution in [0.5, 0.6) is 0 Å². The van der Waals surface area contributed by atoms with E-state index < -0.39 is 35.4 Å². The van der Waals surface area contributed by atoms with Crippen LogP contribution in [0.1, 0.15) is 82.8 Å². The van der Waals surface area contributed by atoms with Crippen LogP contribution in [-0.2, 0) is 14.2 Å². The summed E-state index contributed by atoms with van der Waals surface area (Å²) in [5.41, 5.74) is 8.84. The van der Waals surface area contributed by atoms with Crippen LogP contribution in [0.2, 0.25) is 0 Å². The van der Waals surface area contributed by atoms with Crippen LogP contribution >= 0.6 is 0 Å². The number of methoxy groups -OCH3 is 1. The Morgan fingerprint density at radius 1 is 1.08 bits per heavy atom. The fraction of sp³-hybridized carbons (Fsp3) is 0.654. The Kier molecular flexibility index (Phi) is 8.27. The zero-order valence-corrected chi connectivity index (χ0v) is 22.7. The zero-order chi connectivity index (χ0) is 27.5. The quantitative estimate of drug-likeness (QED) is 0.118. The summed E-state index contributed by atoms with van der Waals surface area (Å²) < 4.78 is 16.4. The number of amides is 2. The van der Waals surface area contributed by atoms with Gasteiger partial charge in [0.05, 0.1) is 24.4 Å². The van der Waals surface area contributed by atoms with Gasteiger partial charge in [0.15, 0.2) is 0 Å². The van der Waals surface area contributed by atoms with Gasteiger partial charge in [-0.3, -0.25) is 4.90 Å². The van der Waals surface area contributed by atoms with E-state index in [1.54, 1.807) is 48.8 Å². The lowest BCUT2D eigenvalue weighted by Crippen LogP contribution is -2.52. The van der Waals surface area contributed by atoms with E-state index in [0.717, 1.165) is 0 Å². The fourth-order valence-electron chi connectivity index (χ4n) is 5.07. The van der Waals surface area contributed by atoms with Gasteiger partial charge in [-0.15, -0.1) is 0 Å². The molecule has 1 aromatic rings. The molecule has 0 aliphatic carbocycles. The lowest BCUT2D eigenvalue weighted by atomic mass is 9.79. The topological polar surface area (TPSA) is 134 Å². The van der Waals surface area contributed by atoms with E-state index in [-0.39, 0.29) is 18.5 Å². The van der Waals surface area contributed by atoms with Crippen LogP contribution in [0.3, 0.4) is 0 Å². The number of fused-ring (bicyclic) bond motifs is 3. The number of carbonyl (C=O) groups excluding carboxylic acids is 3. The van der Waals surface area contributed by atoms with Crippen molar-refractivity contribution in [1.29, 1.82) is 0 Å². The van der Waals surface area contributed by atoms with Gasteiger partial charge in [-0.1, -0.05) is 5.11 Å². The molecule has 1 fully saturated rings. The zero-order valence-electron chi connectivity index (χ0n) is 22.7. The molecule has 2 amide bonds. The maximum atomic E-state index is 13.6. The summed E-state index contributed by atoms with van der Waals surface area (Å²) in [6, 6.07) is 4.25. The van der Waals surface area contributed by atoms with Crippen molar-refractivity contribution >= 4 is 23.8 Å². The normalized spacial score (nSPS) is 20.9. The highest BCUT2D eigenvalue weighted by atomic mass is 16.6. The second-order valence-corrected chi connectivity index (χ2v) is 11.4. The number of nitrogens with zero attached hydrogens (tertiary/aromatic N) is 5.